The lowest BCUT2D eigenvalue weighted by atomic mass is 9.95. The Labute approximate surface area is 162 Å². The summed E-state index contributed by atoms with van der Waals surface area (Å²) in [6.07, 6.45) is 2.27. The number of nitrogens with two attached hydrogens (primary N) is 1. The zero-order valence-corrected chi connectivity index (χ0v) is 16.4. The van der Waals surface area contributed by atoms with E-state index in [0.29, 0.717) is 31.5 Å². The van der Waals surface area contributed by atoms with Crippen molar-refractivity contribution in [3.63, 3.8) is 0 Å². The van der Waals surface area contributed by atoms with Gasteiger partial charge in [0, 0.05) is 30.4 Å². The minimum Gasteiger partial charge on any atom is -0.494 e. The fourth-order valence-corrected chi connectivity index (χ4v) is 4.36. The van der Waals surface area contributed by atoms with E-state index in [1.165, 1.54) is 14.7 Å². The van der Waals surface area contributed by atoms with Gasteiger partial charge in [-0.1, -0.05) is 32.0 Å². The molecule has 1 aliphatic heterocycles. The van der Waals surface area contributed by atoms with Gasteiger partial charge in [-0.05, 0) is 24.5 Å². The minimum absolute atomic E-state index is 0.197. The van der Waals surface area contributed by atoms with E-state index >= 15 is 0 Å². The molecule has 1 aromatic carbocycles. The van der Waals surface area contributed by atoms with Crippen LogP contribution in [0.5, 0.6) is 5.88 Å². The highest BCUT2D eigenvalue weighted by atomic mass is 16.3. The lowest BCUT2D eigenvalue weighted by Gasteiger charge is -2.23. The number of aromatic amines is 1. The maximum absolute atomic E-state index is 13.2. The summed E-state index contributed by atoms with van der Waals surface area (Å²) >= 11 is 0. The molecule has 1 aliphatic rings. The number of fused-ring (bicyclic) bond motifs is 3. The Kier molecular flexibility index (Phi) is 4.85. The molecule has 7 nitrogen and oxygen atoms in total. The van der Waals surface area contributed by atoms with Crippen LogP contribution in [0.4, 0.5) is 0 Å². The van der Waals surface area contributed by atoms with Crippen LogP contribution in [0.15, 0.2) is 33.9 Å². The van der Waals surface area contributed by atoms with Crippen molar-refractivity contribution in [3.8, 4) is 5.88 Å². The minimum atomic E-state index is -0.428. The number of H-pyrrole nitrogens is 1. The molecule has 0 spiro atoms. The summed E-state index contributed by atoms with van der Waals surface area (Å²) < 4.78 is 2.62. The molecule has 3 heterocycles. The molecular weight excluding hydrogens is 356 g/mol. The Balaban J connectivity index is 1.98. The van der Waals surface area contributed by atoms with Crippen molar-refractivity contribution >= 4 is 10.9 Å². The van der Waals surface area contributed by atoms with Crippen LogP contribution in [0.25, 0.3) is 10.9 Å². The molecule has 0 fully saturated rings. The first-order valence-corrected chi connectivity index (χ1v) is 10.1. The van der Waals surface area contributed by atoms with Crippen LogP contribution >= 0.6 is 0 Å². The zero-order chi connectivity index (χ0) is 19.8. The first-order chi connectivity index (χ1) is 13.6. The van der Waals surface area contributed by atoms with Crippen LogP contribution in [0.1, 0.15) is 49.6 Å². The second kappa shape index (κ2) is 7.31. The molecule has 0 saturated carbocycles. The fourth-order valence-electron chi connectivity index (χ4n) is 4.36. The van der Waals surface area contributed by atoms with Crippen molar-refractivity contribution in [2.75, 3.05) is 6.54 Å². The van der Waals surface area contributed by atoms with E-state index in [1.807, 2.05) is 32.0 Å². The Bertz CT molecular complexity index is 1140. The van der Waals surface area contributed by atoms with Crippen molar-refractivity contribution in [1.29, 1.82) is 0 Å². The number of nitrogens with zero attached hydrogens (tertiary/aromatic N) is 2. The highest BCUT2D eigenvalue weighted by Crippen LogP contribution is 2.32. The zero-order valence-electron chi connectivity index (χ0n) is 16.4. The Morgan fingerprint density at radius 3 is 2.61 bits per heavy atom. The first-order valence-electron chi connectivity index (χ1n) is 10.1. The number of hydrogen-bond donors (Lipinski definition) is 3. The molecule has 0 bridgehead atoms. The number of nitrogens with one attached hydrogen (secondary N) is 1. The maximum atomic E-state index is 13.2. The van der Waals surface area contributed by atoms with Gasteiger partial charge in [0.1, 0.15) is 5.56 Å². The molecule has 3 aromatic rings. The quantitative estimate of drug-likeness (QED) is 0.618. The van der Waals surface area contributed by atoms with E-state index < -0.39 is 5.69 Å². The van der Waals surface area contributed by atoms with Gasteiger partial charge in [-0.15, -0.1) is 0 Å². The molecule has 7 heteroatoms. The van der Waals surface area contributed by atoms with Crippen molar-refractivity contribution < 1.29 is 10.4 Å². The van der Waals surface area contributed by atoms with Gasteiger partial charge >= 0.3 is 5.69 Å². The SMILES string of the molecule is CCCn1c(O)c([C@H]2[NH2+]CCc3c2[nH]c2ccccc32)c(=O)n(CCC)c1=O. The summed E-state index contributed by atoms with van der Waals surface area (Å²) in [7, 11) is 0. The number of para-hydroxylation sites is 1. The second-order valence-electron chi connectivity index (χ2n) is 7.44. The van der Waals surface area contributed by atoms with Crippen LogP contribution in [0, 0.1) is 0 Å². The van der Waals surface area contributed by atoms with E-state index in [1.54, 1.807) is 0 Å². The van der Waals surface area contributed by atoms with Gasteiger partial charge in [-0.25, -0.2) is 4.79 Å². The standard InChI is InChI=1S/C21H26N4O3/c1-3-11-24-19(26)16(20(27)25(12-4-2)21(24)28)18-17-14(9-10-22-18)13-7-5-6-8-15(13)23-17/h5-8,18,22-23,26H,3-4,9-12H2,1-2H3/p+1/t18-/m1/s1. The Hall–Kier alpha value is -2.80. The topological polar surface area (TPSA) is 96.6 Å². The predicted octanol–water partition coefficient (Wildman–Crippen LogP) is 1.23. The summed E-state index contributed by atoms with van der Waals surface area (Å²) in [6, 6.07) is 7.75. The molecule has 0 saturated heterocycles. The van der Waals surface area contributed by atoms with Gasteiger partial charge in [0.05, 0.1) is 12.2 Å². The summed E-state index contributed by atoms with van der Waals surface area (Å²) in [5.41, 5.74) is 2.66. The van der Waals surface area contributed by atoms with Crippen molar-refractivity contribution in [3.05, 3.63) is 61.9 Å². The summed E-state index contributed by atoms with van der Waals surface area (Å²) in [5.74, 6) is -0.197. The third-order valence-corrected chi connectivity index (χ3v) is 5.59. The van der Waals surface area contributed by atoms with Crippen LogP contribution in [0.2, 0.25) is 0 Å². The molecule has 28 heavy (non-hydrogen) atoms. The molecule has 1 atom stereocenters. The van der Waals surface area contributed by atoms with Gasteiger partial charge in [0.15, 0.2) is 6.04 Å². The normalized spacial score (nSPS) is 16.4. The van der Waals surface area contributed by atoms with E-state index in [-0.39, 0.29) is 17.5 Å². The smallest absolute Gasteiger partial charge is 0.333 e. The number of quaternary nitrogens is 1. The largest absolute Gasteiger partial charge is 0.494 e. The third kappa shape index (κ3) is 2.77. The number of benzene rings is 1. The van der Waals surface area contributed by atoms with Crippen LogP contribution in [0.3, 0.4) is 0 Å². The number of rotatable bonds is 5. The lowest BCUT2D eigenvalue weighted by Crippen LogP contribution is -2.88. The van der Waals surface area contributed by atoms with Crippen molar-refractivity contribution in [1.82, 2.24) is 14.1 Å². The first kappa shape index (κ1) is 18.6. The van der Waals surface area contributed by atoms with Crippen LogP contribution < -0.4 is 16.6 Å². The number of aromatic nitrogens is 3. The van der Waals surface area contributed by atoms with Crippen LogP contribution in [-0.2, 0) is 19.5 Å². The average Bonchev–Trinajstić information content (AvgIpc) is 3.08. The summed E-state index contributed by atoms with van der Waals surface area (Å²) in [5, 5.41) is 14.2. The molecule has 4 N–H and O–H groups in total. The fraction of sp³-hybridized carbons (Fsp3) is 0.429. The van der Waals surface area contributed by atoms with Gasteiger partial charge in [-0.3, -0.25) is 13.9 Å². The molecule has 0 amide bonds. The Morgan fingerprint density at radius 2 is 1.86 bits per heavy atom. The second-order valence-corrected chi connectivity index (χ2v) is 7.44. The van der Waals surface area contributed by atoms with Crippen molar-refractivity contribution in [2.24, 2.45) is 0 Å². The van der Waals surface area contributed by atoms with Gasteiger partial charge < -0.3 is 15.4 Å². The molecular formula is C21H27N4O3+. The summed E-state index contributed by atoms with van der Waals surface area (Å²) in [6.45, 7) is 5.43. The average molecular weight is 383 g/mol. The molecule has 2 aromatic heterocycles. The predicted molar refractivity (Wildman–Crippen MR) is 108 cm³/mol. The third-order valence-electron chi connectivity index (χ3n) is 5.59. The maximum Gasteiger partial charge on any atom is 0.333 e. The molecule has 4 rings (SSSR count). The monoisotopic (exact) mass is 383 g/mol. The highest BCUT2D eigenvalue weighted by molar-refractivity contribution is 5.85. The highest BCUT2D eigenvalue weighted by Gasteiger charge is 2.35. The molecule has 0 unspecified atom stereocenters. The lowest BCUT2D eigenvalue weighted by molar-refractivity contribution is -0.690. The number of hydrogen-bond acceptors (Lipinski definition) is 3. The van der Waals surface area contributed by atoms with Gasteiger partial charge in [0.2, 0.25) is 5.88 Å². The van der Waals surface area contributed by atoms with Crippen molar-refractivity contribution in [2.45, 2.75) is 52.2 Å². The van der Waals surface area contributed by atoms with Crippen LogP contribution in [-0.4, -0.2) is 25.8 Å². The number of aromatic hydroxyl groups is 1. The Morgan fingerprint density at radius 1 is 1.14 bits per heavy atom. The van der Waals surface area contributed by atoms with E-state index in [4.69, 9.17) is 0 Å². The van der Waals surface area contributed by atoms with E-state index in [9.17, 15) is 14.7 Å². The molecule has 0 aliphatic carbocycles. The summed E-state index contributed by atoms with van der Waals surface area (Å²) in [4.78, 5) is 29.5. The molecule has 0 radical (unpaired) electrons. The van der Waals surface area contributed by atoms with E-state index in [0.717, 1.165) is 29.6 Å². The van der Waals surface area contributed by atoms with E-state index in [2.05, 4.69) is 16.4 Å². The van der Waals surface area contributed by atoms with Gasteiger partial charge in [-0.2, -0.15) is 0 Å². The molecule has 148 valence electrons. The van der Waals surface area contributed by atoms with Gasteiger partial charge in [0.25, 0.3) is 5.56 Å².